The zero-order valence-electron chi connectivity index (χ0n) is 18.4. The Morgan fingerprint density at radius 3 is 2.24 bits per heavy atom. The molecule has 0 aromatic heterocycles. The van der Waals surface area contributed by atoms with E-state index in [1.54, 1.807) is 24.3 Å². The first-order valence-corrected chi connectivity index (χ1v) is 11.5. The van der Waals surface area contributed by atoms with E-state index < -0.39 is 16.0 Å². The Hall–Kier alpha value is -4.42. The van der Waals surface area contributed by atoms with Gasteiger partial charge in [-0.15, -0.1) is 0 Å². The van der Waals surface area contributed by atoms with Crippen LogP contribution in [0.15, 0.2) is 83.3 Å². The van der Waals surface area contributed by atoms with Gasteiger partial charge in [-0.25, -0.2) is 0 Å². The average Bonchev–Trinajstić information content (AvgIpc) is 2.79. The number of rotatable bonds is 7. The third-order valence-corrected chi connectivity index (χ3v) is 5.89. The topological polar surface area (TPSA) is 125 Å². The third kappa shape index (κ3) is 6.09. The van der Waals surface area contributed by atoms with Gasteiger partial charge in [-0.3, -0.25) is 9.59 Å². The summed E-state index contributed by atoms with van der Waals surface area (Å²) in [7, 11) is -4.22. The van der Waals surface area contributed by atoms with Crippen LogP contribution in [0.3, 0.4) is 0 Å². The van der Waals surface area contributed by atoms with E-state index in [4.69, 9.17) is 4.18 Å². The number of carbonyl (C=O) groups is 2. The Kier molecular flexibility index (Phi) is 7.46. The van der Waals surface area contributed by atoms with E-state index in [9.17, 15) is 23.3 Å². The summed E-state index contributed by atoms with van der Waals surface area (Å²) in [6.45, 7) is 3.16. The molecule has 3 aromatic carbocycles. The van der Waals surface area contributed by atoms with Gasteiger partial charge >= 0.3 is 10.1 Å². The predicted octanol–water partition coefficient (Wildman–Crippen LogP) is 4.27. The molecule has 0 heterocycles. The zero-order valence-corrected chi connectivity index (χ0v) is 19.2. The molecule has 172 valence electrons. The number of hydrogen-bond donors (Lipinski definition) is 2. The Morgan fingerprint density at radius 1 is 0.941 bits per heavy atom. The highest BCUT2D eigenvalue weighted by Gasteiger charge is 2.19. The van der Waals surface area contributed by atoms with Gasteiger partial charge < -0.3 is 14.8 Å². The van der Waals surface area contributed by atoms with Gasteiger partial charge in [0.25, 0.3) is 5.91 Å². The fourth-order valence-electron chi connectivity index (χ4n) is 2.96. The van der Waals surface area contributed by atoms with Crippen LogP contribution >= 0.6 is 0 Å². The first-order valence-electron chi connectivity index (χ1n) is 10.1. The highest BCUT2D eigenvalue weighted by atomic mass is 32.2. The summed E-state index contributed by atoms with van der Waals surface area (Å²) in [5.74, 6) is -0.972. The molecule has 0 fully saturated rings. The molecule has 0 saturated heterocycles. The number of carbonyl (C=O) groups excluding carboxylic acids is 2. The maximum atomic E-state index is 12.8. The van der Waals surface area contributed by atoms with Crippen molar-refractivity contribution in [2.75, 3.05) is 10.6 Å². The lowest BCUT2D eigenvalue weighted by Gasteiger charge is -2.11. The summed E-state index contributed by atoms with van der Waals surface area (Å²) >= 11 is 0. The molecule has 0 aliphatic carbocycles. The highest BCUT2D eigenvalue weighted by Crippen LogP contribution is 2.26. The van der Waals surface area contributed by atoms with Gasteiger partial charge in [-0.05, 0) is 55.0 Å². The van der Waals surface area contributed by atoms with Crippen molar-refractivity contribution in [1.82, 2.24) is 0 Å². The number of nitrogens with zero attached hydrogens (tertiary/aromatic N) is 1. The molecule has 3 rings (SSSR count). The Morgan fingerprint density at radius 2 is 1.59 bits per heavy atom. The van der Waals surface area contributed by atoms with Gasteiger partial charge in [0.2, 0.25) is 5.91 Å². The summed E-state index contributed by atoms with van der Waals surface area (Å²) < 4.78 is 30.9. The Labute approximate surface area is 197 Å². The summed E-state index contributed by atoms with van der Waals surface area (Å²) in [5, 5.41) is 14.8. The minimum atomic E-state index is -4.22. The van der Waals surface area contributed by atoms with E-state index in [2.05, 4.69) is 10.6 Å². The lowest BCUT2D eigenvalue weighted by atomic mass is 10.1. The Balaban J connectivity index is 1.86. The van der Waals surface area contributed by atoms with Gasteiger partial charge in [0.05, 0.1) is 0 Å². The number of aryl methyl sites for hydroxylation is 1. The van der Waals surface area contributed by atoms with Gasteiger partial charge in [0.15, 0.2) is 0 Å². The first kappa shape index (κ1) is 24.2. The molecule has 0 unspecified atom stereocenters. The fraction of sp³-hybridized carbons (Fsp3) is 0.0800. The van der Waals surface area contributed by atoms with Crippen LogP contribution in [-0.2, 0) is 19.7 Å². The number of nitrogens with one attached hydrogen (secondary N) is 2. The quantitative estimate of drug-likeness (QED) is 0.299. The molecule has 0 aliphatic heterocycles. The Bertz CT molecular complexity index is 1400. The van der Waals surface area contributed by atoms with Crippen LogP contribution in [0.5, 0.6) is 5.75 Å². The second-order valence-electron chi connectivity index (χ2n) is 7.22. The molecular formula is C25H21N3O5S. The maximum absolute atomic E-state index is 12.8. The lowest BCUT2D eigenvalue weighted by Crippen LogP contribution is -2.14. The van der Waals surface area contributed by atoms with Crippen LogP contribution in [0.1, 0.15) is 18.1 Å². The number of para-hydroxylation sites is 2. The van der Waals surface area contributed by atoms with E-state index >= 15 is 0 Å². The maximum Gasteiger partial charge on any atom is 0.339 e. The van der Waals surface area contributed by atoms with E-state index in [1.807, 2.05) is 25.1 Å². The molecule has 0 aliphatic rings. The smallest absolute Gasteiger partial charge is 0.339 e. The van der Waals surface area contributed by atoms with Gasteiger partial charge in [-0.2, -0.15) is 13.7 Å². The van der Waals surface area contributed by atoms with Crippen molar-refractivity contribution >= 4 is 39.4 Å². The third-order valence-electron chi connectivity index (χ3n) is 4.64. The summed E-state index contributed by atoms with van der Waals surface area (Å²) in [4.78, 5) is 23.7. The summed E-state index contributed by atoms with van der Waals surface area (Å²) in [6, 6.07) is 20.6. The molecule has 2 N–H and O–H groups in total. The average molecular weight is 476 g/mol. The molecule has 0 atom stereocenters. The highest BCUT2D eigenvalue weighted by molar-refractivity contribution is 7.87. The van der Waals surface area contributed by atoms with Crippen LogP contribution < -0.4 is 14.8 Å². The molecule has 0 saturated carbocycles. The molecule has 0 radical (unpaired) electrons. The van der Waals surface area contributed by atoms with Crippen molar-refractivity contribution in [3.63, 3.8) is 0 Å². The molecule has 2 amide bonds. The van der Waals surface area contributed by atoms with E-state index in [0.29, 0.717) is 11.4 Å². The second kappa shape index (κ2) is 10.5. The van der Waals surface area contributed by atoms with E-state index in [1.165, 1.54) is 49.4 Å². The molecule has 3 aromatic rings. The van der Waals surface area contributed by atoms with Crippen LogP contribution in [0.25, 0.3) is 6.08 Å². The van der Waals surface area contributed by atoms with Gasteiger partial charge in [-0.1, -0.05) is 36.4 Å². The molecule has 8 nitrogen and oxygen atoms in total. The monoisotopic (exact) mass is 475 g/mol. The number of amides is 2. The SMILES string of the molecule is CC(=O)Nc1ccc(S(=O)(=O)Oc2ccccc2/C=C(\C#N)C(=O)Nc2ccccc2C)cc1. The molecule has 34 heavy (non-hydrogen) atoms. The molecule has 0 bridgehead atoms. The van der Waals surface area contributed by atoms with Crippen molar-refractivity contribution in [1.29, 1.82) is 5.26 Å². The van der Waals surface area contributed by atoms with Crippen molar-refractivity contribution < 1.29 is 22.2 Å². The van der Waals surface area contributed by atoms with Crippen LogP contribution in [0.2, 0.25) is 0 Å². The van der Waals surface area contributed by atoms with Gasteiger partial charge in [0.1, 0.15) is 22.3 Å². The number of hydrogen-bond acceptors (Lipinski definition) is 6. The summed E-state index contributed by atoms with van der Waals surface area (Å²) in [5.41, 5.74) is 1.83. The summed E-state index contributed by atoms with van der Waals surface area (Å²) in [6.07, 6.45) is 1.26. The molecule has 9 heteroatoms. The van der Waals surface area contributed by atoms with Gasteiger partial charge in [0, 0.05) is 23.9 Å². The van der Waals surface area contributed by atoms with Crippen LogP contribution in [0.4, 0.5) is 11.4 Å². The molecular weight excluding hydrogens is 454 g/mol. The number of anilines is 2. The first-order chi connectivity index (χ1) is 16.2. The van der Waals surface area contributed by atoms with E-state index in [0.717, 1.165) is 5.56 Å². The lowest BCUT2D eigenvalue weighted by molar-refractivity contribution is -0.114. The standard InChI is InChI=1S/C25H21N3O5S/c1-17-7-3-5-9-23(17)28-25(30)20(16-26)15-19-8-4-6-10-24(19)33-34(31,32)22-13-11-21(12-14-22)27-18(2)29/h3-15H,1-2H3,(H,27,29)(H,28,30)/b20-15+. The van der Waals surface area contributed by atoms with E-state index in [-0.39, 0.29) is 27.7 Å². The van der Waals surface area contributed by atoms with Crippen molar-refractivity contribution in [2.24, 2.45) is 0 Å². The largest absolute Gasteiger partial charge is 0.378 e. The zero-order chi connectivity index (χ0) is 24.7. The minimum absolute atomic E-state index is 0.0510. The fourth-order valence-corrected chi connectivity index (χ4v) is 3.91. The molecule has 0 spiro atoms. The predicted molar refractivity (Wildman–Crippen MR) is 128 cm³/mol. The van der Waals surface area contributed by atoms with Crippen LogP contribution in [0, 0.1) is 18.3 Å². The van der Waals surface area contributed by atoms with Crippen molar-refractivity contribution in [3.8, 4) is 11.8 Å². The number of benzene rings is 3. The minimum Gasteiger partial charge on any atom is -0.378 e. The van der Waals surface area contributed by atoms with Crippen LogP contribution in [-0.4, -0.2) is 20.2 Å². The number of nitriles is 1. The normalized spacial score (nSPS) is 11.3. The van der Waals surface area contributed by atoms with Crippen molar-refractivity contribution in [3.05, 3.63) is 89.5 Å². The van der Waals surface area contributed by atoms with Crippen molar-refractivity contribution in [2.45, 2.75) is 18.7 Å². The second-order valence-corrected chi connectivity index (χ2v) is 8.77.